The fraction of sp³-hybridized carbons (Fsp3) is 0.556. The van der Waals surface area contributed by atoms with Crippen molar-refractivity contribution in [1.82, 2.24) is 9.66 Å². The van der Waals surface area contributed by atoms with Gasteiger partial charge in [-0.25, -0.2) is 4.98 Å². The molecule has 0 spiro atoms. The van der Waals surface area contributed by atoms with Gasteiger partial charge in [0.1, 0.15) is 0 Å². The predicted molar refractivity (Wildman–Crippen MR) is 54.7 cm³/mol. The van der Waals surface area contributed by atoms with Crippen molar-refractivity contribution in [3.63, 3.8) is 0 Å². The molecule has 0 amide bonds. The van der Waals surface area contributed by atoms with Crippen molar-refractivity contribution in [3.05, 3.63) is 22.6 Å². The third kappa shape index (κ3) is 1.57. The zero-order valence-electron chi connectivity index (χ0n) is 8.02. The van der Waals surface area contributed by atoms with E-state index in [4.69, 9.17) is 5.73 Å². The van der Waals surface area contributed by atoms with Crippen molar-refractivity contribution in [3.8, 4) is 0 Å². The summed E-state index contributed by atoms with van der Waals surface area (Å²) in [5, 5.41) is 1.97. The maximum absolute atomic E-state index is 11.5. The smallest absolute Gasteiger partial charge is 0.273 e. The summed E-state index contributed by atoms with van der Waals surface area (Å²) in [7, 11) is 0. The van der Waals surface area contributed by atoms with E-state index in [-0.39, 0.29) is 11.5 Å². The first-order chi connectivity index (χ1) is 6.79. The summed E-state index contributed by atoms with van der Waals surface area (Å²) in [5.74, 6) is 0.277. The highest BCUT2D eigenvalue weighted by molar-refractivity contribution is 5.19. The number of nitrogen functional groups attached to an aromatic ring is 1. The molecular formula is C9H14N4O. The predicted octanol–water partition coefficient (Wildman–Crippen LogP) is -0.0526. The molecule has 0 saturated carbocycles. The van der Waals surface area contributed by atoms with Crippen LogP contribution in [0.25, 0.3) is 0 Å². The quantitative estimate of drug-likeness (QED) is 0.680. The molecule has 14 heavy (non-hydrogen) atoms. The van der Waals surface area contributed by atoms with Gasteiger partial charge >= 0.3 is 0 Å². The third-order valence-electron chi connectivity index (χ3n) is 2.46. The average Bonchev–Trinajstić information content (AvgIpc) is 2.19. The van der Waals surface area contributed by atoms with Gasteiger partial charge < -0.3 is 10.7 Å². The van der Waals surface area contributed by atoms with Crippen molar-refractivity contribution < 1.29 is 0 Å². The van der Waals surface area contributed by atoms with E-state index in [0.29, 0.717) is 0 Å². The second-order valence-electron chi connectivity index (χ2n) is 3.47. The highest BCUT2D eigenvalue weighted by Crippen LogP contribution is 2.07. The Morgan fingerprint density at radius 3 is 2.64 bits per heavy atom. The first-order valence-corrected chi connectivity index (χ1v) is 4.88. The summed E-state index contributed by atoms with van der Waals surface area (Å²) in [5.41, 5.74) is 5.56. The average molecular weight is 194 g/mol. The van der Waals surface area contributed by atoms with Crippen LogP contribution in [0.5, 0.6) is 0 Å². The molecule has 0 bridgehead atoms. The number of hydrogen-bond donors (Lipinski definition) is 1. The lowest BCUT2D eigenvalue weighted by molar-refractivity contribution is 0.470. The summed E-state index contributed by atoms with van der Waals surface area (Å²) in [6.07, 6.45) is 4.89. The SMILES string of the molecule is Nc1nccc(=O)n1N1CCCCC1. The minimum Gasteiger partial charge on any atom is -0.368 e. The zero-order chi connectivity index (χ0) is 9.97. The van der Waals surface area contributed by atoms with Gasteiger partial charge in [-0.2, -0.15) is 4.68 Å². The van der Waals surface area contributed by atoms with Crippen LogP contribution < -0.4 is 16.3 Å². The Bertz CT molecular complexity index is 367. The van der Waals surface area contributed by atoms with Crippen LogP contribution in [0, 0.1) is 0 Å². The van der Waals surface area contributed by atoms with Crippen LogP contribution in [0.15, 0.2) is 17.1 Å². The van der Waals surface area contributed by atoms with Gasteiger partial charge in [0.05, 0.1) is 0 Å². The summed E-state index contributed by atoms with van der Waals surface area (Å²) in [4.78, 5) is 15.5. The van der Waals surface area contributed by atoms with Crippen LogP contribution in [0.1, 0.15) is 19.3 Å². The number of rotatable bonds is 1. The topological polar surface area (TPSA) is 64.1 Å². The van der Waals surface area contributed by atoms with E-state index < -0.39 is 0 Å². The van der Waals surface area contributed by atoms with E-state index in [1.807, 2.05) is 5.01 Å². The molecule has 1 aromatic heterocycles. The van der Waals surface area contributed by atoms with Crippen molar-refractivity contribution in [2.45, 2.75) is 19.3 Å². The molecule has 1 saturated heterocycles. The number of nitrogens with zero attached hydrogens (tertiary/aromatic N) is 3. The van der Waals surface area contributed by atoms with Crippen LogP contribution in [0.2, 0.25) is 0 Å². The third-order valence-corrected chi connectivity index (χ3v) is 2.46. The van der Waals surface area contributed by atoms with Gasteiger partial charge in [-0.1, -0.05) is 0 Å². The summed E-state index contributed by atoms with van der Waals surface area (Å²) in [6, 6.07) is 1.44. The number of anilines is 1. The minimum absolute atomic E-state index is 0.0978. The van der Waals surface area contributed by atoms with Crippen LogP contribution >= 0.6 is 0 Å². The first kappa shape index (κ1) is 9.05. The Morgan fingerprint density at radius 2 is 2.00 bits per heavy atom. The van der Waals surface area contributed by atoms with Crippen molar-refractivity contribution in [1.29, 1.82) is 0 Å². The van der Waals surface area contributed by atoms with Crippen molar-refractivity contribution in [2.75, 3.05) is 23.8 Å². The second kappa shape index (κ2) is 3.69. The molecule has 0 atom stereocenters. The van der Waals surface area contributed by atoms with E-state index in [9.17, 15) is 4.79 Å². The van der Waals surface area contributed by atoms with Crippen LogP contribution in [0.4, 0.5) is 5.95 Å². The standard InChI is InChI=1S/C9H14N4O/c10-9-11-5-4-8(14)13(9)12-6-2-1-3-7-12/h4-5H,1-3,6-7H2,(H2,10,11). The molecular weight excluding hydrogens is 180 g/mol. The fourth-order valence-corrected chi connectivity index (χ4v) is 1.78. The van der Waals surface area contributed by atoms with E-state index >= 15 is 0 Å². The fourth-order valence-electron chi connectivity index (χ4n) is 1.78. The first-order valence-electron chi connectivity index (χ1n) is 4.88. The molecule has 1 aliphatic heterocycles. The summed E-state index contributed by atoms with van der Waals surface area (Å²) >= 11 is 0. The molecule has 2 heterocycles. The monoisotopic (exact) mass is 194 g/mol. The molecule has 1 aromatic rings. The molecule has 0 aliphatic carbocycles. The van der Waals surface area contributed by atoms with Crippen LogP contribution in [-0.2, 0) is 0 Å². The molecule has 0 radical (unpaired) electrons. The molecule has 5 heteroatoms. The molecule has 2 N–H and O–H groups in total. The Kier molecular flexibility index (Phi) is 2.39. The summed E-state index contributed by atoms with van der Waals surface area (Å²) < 4.78 is 1.47. The summed E-state index contributed by atoms with van der Waals surface area (Å²) in [6.45, 7) is 1.77. The molecule has 76 valence electrons. The van der Waals surface area contributed by atoms with Gasteiger partial charge in [-0.05, 0) is 19.3 Å². The lowest BCUT2D eigenvalue weighted by Crippen LogP contribution is -2.46. The number of piperidine rings is 1. The normalized spacial score (nSPS) is 17.0. The van der Waals surface area contributed by atoms with E-state index in [2.05, 4.69) is 4.98 Å². The maximum Gasteiger partial charge on any atom is 0.273 e. The van der Waals surface area contributed by atoms with Crippen molar-refractivity contribution in [2.24, 2.45) is 0 Å². The van der Waals surface area contributed by atoms with E-state index in [0.717, 1.165) is 25.9 Å². The molecule has 0 unspecified atom stereocenters. The Balaban J connectivity index is 2.34. The van der Waals surface area contributed by atoms with Crippen LogP contribution in [-0.4, -0.2) is 22.7 Å². The zero-order valence-corrected chi connectivity index (χ0v) is 8.02. The van der Waals surface area contributed by atoms with E-state index in [1.54, 1.807) is 0 Å². The molecule has 1 aliphatic rings. The Morgan fingerprint density at radius 1 is 1.29 bits per heavy atom. The van der Waals surface area contributed by atoms with Gasteiger partial charge in [-0.3, -0.25) is 4.79 Å². The number of nitrogens with two attached hydrogens (primary N) is 1. The van der Waals surface area contributed by atoms with Gasteiger partial charge in [0.15, 0.2) is 0 Å². The maximum atomic E-state index is 11.5. The van der Waals surface area contributed by atoms with Crippen molar-refractivity contribution >= 4 is 5.95 Å². The number of aromatic nitrogens is 2. The Hall–Kier alpha value is -1.52. The van der Waals surface area contributed by atoms with E-state index in [1.165, 1.54) is 23.4 Å². The highest BCUT2D eigenvalue weighted by Gasteiger charge is 2.13. The minimum atomic E-state index is -0.0978. The van der Waals surface area contributed by atoms with Gasteiger partial charge in [0.2, 0.25) is 5.95 Å². The lowest BCUT2D eigenvalue weighted by atomic mass is 10.2. The van der Waals surface area contributed by atoms with Gasteiger partial charge in [-0.15, -0.1) is 0 Å². The molecule has 1 fully saturated rings. The van der Waals surface area contributed by atoms with Crippen LogP contribution in [0.3, 0.4) is 0 Å². The molecule has 5 nitrogen and oxygen atoms in total. The largest absolute Gasteiger partial charge is 0.368 e. The Labute approximate surface area is 82.1 Å². The van der Waals surface area contributed by atoms with Gasteiger partial charge in [0.25, 0.3) is 5.56 Å². The molecule has 2 rings (SSSR count). The molecule has 0 aromatic carbocycles. The highest BCUT2D eigenvalue weighted by atomic mass is 16.1. The lowest BCUT2D eigenvalue weighted by Gasteiger charge is -2.30. The van der Waals surface area contributed by atoms with Gasteiger partial charge in [0, 0.05) is 25.4 Å². The second-order valence-corrected chi connectivity index (χ2v) is 3.47. The number of hydrogen-bond acceptors (Lipinski definition) is 4.